The van der Waals surface area contributed by atoms with Crippen LogP contribution in [0.15, 0.2) is 24.3 Å². The summed E-state index contributed by atoms with van der Waals surface area (Å²) >= 11 is 0. The lowest BCUT2D eigenvalue weighted by molar-refractivity contribution is 0.283. The highest BCUT2D eigenvalue weighted by molar-refractivity contribution is 7.46. The van der Waals surface area contributed by atoms with Gasteiger partial charge in [0.2, 0.25) is 0 Å². The first-order valence-corrected chi connectivity index (χ1v) is 7.86. The lowest BCUT2D eigenvalue weighted by Crippen LogP contribution is -2.31. The minimum absolute atomic E-state index is 0.146. The number of nitrogens with zero attached hydrogens (tertiary/aromatic N) is 1. The van der Waals surface area contributed by atoms with E-state index in [4.69, 9.17) is 19.3 Å². The van der Waals surface area contributed by atoms with Crippen LogP contribution in [0.2, 0.25) is 0 Å². The van der Waals surface area contributed by atoms with Crippen LogP contribution >= 0.6 is 7.82 Å². The molecule has 2 aliphatic rings. The van der Waals surface area contributed by atoms with Crippen LogP contribution in [0.4, 0.5) is 5.69 Å². The summed E-state index contributed by atoms with van der Waals surface area (Å²) in [5, 5.41) is 0. The molecule has 2 aliphatic heterocycles. The second-order valence-corrected chi connectivity index (χ2v) is 6.06. The van der Waals surface area contributed by atoms with Crippen molar-refractivity contribution >= 4 is 13.5 Å². The number of benzene rings is 1. The van der Waals surface area contributed by atoms with Crippen LogP contribution in [0, 0.1) is 0 Å². The summed E-state index contributed by atoms with van der Waals surface area (Å²) in [6, 6.07) is 6.64. The van der Waals surface area contributed by atoms with Crippen molar-refractivity contribution < 1.29 is 28.3 Å². The molecule has 0 saturated carbocycles. The molecule has 0 aliphatic carbocycles. The number of phosphoric acid groups is 1. The second-order valence-electron chi connectivity index (χ2n) is 4.89. The van der Waals surface area contributed by atoms with Gasteiger partial charge in [-0.1, -0.05) is 0 Å². The Balaban J connectivity index is 1.67. The number of epoxide rings is 2. The molecule has 1 aromatic carbocycles. The summed E-state index contributed by atoms with van der Waals surface area (Å²) in [7, 11) is -4.51. The Kier molecular flexibility index (Phi) is 3.70. The first-order chi connectivity index (χ1) is 9.49. The quantitative estimate of drug-likeness (QED) is 0.567. The Bertz CT molecular complexity index is 493. The maximum atomic E-state index is 10.8. The van der Waals surface area contributed by atoms with Crippen molar-refractivity contribution in [1.29, 1.82) is 0 Å². The molecule has 0 bridgehead atoms. The molecule has 0 aromatic heterocycles. The molecule has 110 valence electrons. The van der Waals surface area contributed by atoms with E-state index in [0.717, 1.165) is 32.0 Å². The number of phosphoric ester groups is 1. The fraction of sp³-hybridized carbons (Fsp3) is 0.500. The highest BCUT2D eigenvalue weighted by Crippen LogP contribution is 2.38. The molecule has 3 rings (SSSR count). The average Bonchev–Trinajstić information content (AvgIpc) is 3.22. The SMILES string of the molecule is O=P(O)(O)Oc1ccc(N(CC2CO2)CC2CO2)cc1. The first-order valence-electron chi connectivity index (χ1n) is 6.33. The minimum Gasteiger partial charge on any atom is -0.404 e. The van der Waals surface area contributed by atoms with E-state index in [0.29, 0.717) is 0 Å². The van der Waals surface area contributed by atoms with E-state index in [-0.39, 0.29) is 18.0 Å². The average molecular weight is 301 g/mol. The van der Waals surface area contributed by atoms with Gasteiger partial charge in [-0.2, -0.15) is 0 Å². The highest BCUT2D eigenvalue weighted by Gasteiger charge is 2.30. The van der Waals surface area contributed by atoms with Crippen molar-refractivity contribution in [2.45, 2.75) is 12.2 Å². The Hall–Kier alpha value is -1.11. The Morgan fingerprint density at radius 3 is 2.05 bits per heavy atom. The van der Waals surface area contributed by atoms with Crippen LogP contribution in [-0.2, 0) is 14.0 Å². The Morgan fingerprint density at radius 1 is 1.15 bits per heavy atom. The van der Waals surface area contributed by atoms with Gasteiger partial charge in [0.1, 0.15) is 5.75 Å². The van der Waals surface area contributed by atoms with Crippen molar-refractivity contribution in [2.24, 2.45) is 0 Å². The van der Waals surface area contributed by atoms with E-state index in [9.17, 15) is 4.57 Å². The third-order valence-corrected chi connectivity index (χ3v) is 3.53. The second kappa shape index (κ2) is 5.35. The van der Waals surface area contributed by atoms with Gasteiger partial charge in [-0.25, -0.2) is 4.57 Å². The van der Waals surface area contributed by atoms with E-state index < -0.39 is 7.82 Å². The van der Waals surface area contributed by atoms with Crippen molar-refractivity contribution in [2.75, 3.05) is 31.2 Å². The molecule has 2 unspecified atom stereocenters. The van der Waals surface area contributed by atoms with Crippen LogP contribution in [0.25, 0.3) is 0 Å². The first kappa shape index (κ1) is 13.9. The summed E-state index contributed by atoms with van der Waals surface area (Å²) in [5.41, 5.74) is 0.953. The molecule has 0 amide bonds. The third kappa shape index (κ3) is 4.19. The van der Waals surface area contributed by atoms with Gasteiger partial charge in [0.25, 0.3) is 0 Å². The van der Waals surface area contributed by atoms with Crippen molar-refractivity contribution in [1.82, 2.24) is 0 Å². The Labute approximate surface area is 116 Å². The third-order valence-electron chi connectivity index (χ3n) is 3.08. The standard InChI is InChI=1S/C12H16NO6P/c14-20(15,16)19-10-3-1-9(2-4-10)13(5-11-7-17-11)6-12-8-18-12/h1-4,11-12H,5-8H2,(H2,14,15,16). The zero-order valence-corrected chi connectivity index (χ0v) is 11.6. The van der Waals surface area contributed by atoms with Crippen LogP contribution in [0.3, 0.4) is 0 Å². The number of ether oxygens (including phenoxy) is 2. The van der Waals surface area contributed by atoms with E-state index in [1.165, 1.54) is 0 Å². The molecule has 2 fully saturated rings. The fourth-order valence-corrected chi connectivity index (χ4v) is 2.38. The van der Waals surface area contributed by atoms with Crippen molar-refractivity contribution in [3.05, 3.63) is 24.3 Å². The predicted molar refractivity (Wildman–Crippen MR) is 70.8 cm³/mol. The van der Waals surface area contributed by atoms with Gasteiger partial charge in [-0.3, -0.25) is 9.79 Å². The van der Waals surface area contributed by atoms with E-state index in [2.05, 4.69) is 9.42 Å². The van der Waals surface area contributed by atoms with Gasteiger partial charge in [0.05, 0.1) is 25.4 Å². The number of rotatable bonds is 7. The molecule has 0 radical (unpaired) electrons. The van der Waals surface area contributed by atoms with Gasteiger partial charge in [0, 0.05) is 18.8 Å². The Morgan fingerprint density at radius 2 is 1.65 bits per heavy atom. The smallest absolute Gasteiger partial charge is 0.404 e. The molecule has 2 saturated heterocycles. The monoisotopic (exact) mass is 301 g/mol. The van der Waals surface area contributed by atoms with Crippen LogP contribution in [0.1, 0.15) is 0 Å². The summed E-state index contributed by atoms with van der Waals surface area (Å²) < 4.78 is 25.8. The maximum Gasteiger partial charge on any atom is 0.524 e. The van der Waals surface area contributed by atoms with Crippen LogP contribution in [0.5, 0.6) is 5.75 Å². The van der Waals surface area contributed by atoms with Crippen molar-refractivity contribution in [3.8, 4) is 5.75 Å². The predicted octanol–water partition coefficient (Wildman–Crippen LogP) is 0.762. The van der Waals surface area contributed by atoms with Crippen LogP contribution < -0.4 is 9.42 Å². The van der Waals surface area contributed by atoms with Gasteiger partial charge < -0.3 is 18.9 Å². The number of hydrogen-bond donors (Lipinski definition) is 2. The summed E-state index contributed by atoms with van der Waals surface area (Å²) in [6.45, 7) is 3.14. The molecule has 1 aromatic rings. The van der Waals surface area contributed by atoms with Gasteiger partial charge in [-0.15, -0.1) is 0 Å². The molecule has 2 heterocycles. The molecule has 7 nitrogen and oxygen atoms in total. The minimum atomic E-state index is -4.51. The van der Waals surface area contributed by atoms with Gasteiger partial charge in [-0.05, 0) is 24.3 Å². The zero-order valence-electron chi connectivity index (χ0n) is 10.7. The molecular formula is C12H16NO6P. The lowest BCUT2D eigenvalue weighted by Gasteiger charge is -2.23. The topological polar surface area (TPSA) is 95.1 Å². The molecule has 20 heavy (non-hydrogen) atoms. The molecule has 8 heteroatoms. The lowest BCUT2D eigenvalue weighted by atomic mass is 10.2. The largest absolute Gasteiger partial charge is 0.524 e. The summed E-state index contributed by atoms with van der Waals surface area (Å²) in [4.78, 5) is 19.6. The van der Waals surface area contributed by atoms with E-state index in [1.807, 2.05) is 0 Å². The van der Waals surface area contributed by atoms with E-state index in [1.54, 1.807) is 24.3 Å². The van der Waals surface area contributed by atoms with Gasteiger partial charge >= 0.3 is 7.82 Å². The summed E-state index contributed by atoms with van der Waals surface area (Å²) in [5.74, 6) is 0.146. The van der Waals surface area contributed by atoms with E-state index >= 15 is 0 Å². The normalized spacial score (nSPS) is 24.3. The molecule has 2 atom stereocenters. The number of anilines is 1. The number of hydrogen-bond acceptors (Lipinski definition) is 5. The van der Waals surface area contributed by atoms with Gasteiger partial charge in [0.15, 0.2) is 0 Å². The fourth-order valence-electron chi connectivity index (χ4n) is 1.98. The molecular weight excluding hydrogens is 285 g/mol. The van der Waals surface area contributed by atoms with Crippen molar-refractivity contribution in [3.63, 3.8) is 0 Å². The zero-order chi connectivity index (χ0) is 14.2. The highest BCUT2D eigenvalue weighted by atomic mass is 31.2. The molecule has 0 spiro atoms. The molecule has 2 N–H and O–H groups in total. The maximum absolute atomic E-state index is 10.8. The van der Waals surface area contributed by atoms with Crippen LogP contribution in [-0.4, -0.2) is 48.3 Å². The summed E-state index contributed by atoms with van der Waals surface area (Å²) in [6.07, 6.45) is 0.527.